The number of aryl methyl sites for hydroxylation is 1. The van der Waals surface area contributed by atoms with Gasteiger partial charge in [0.2, 0.25) is 15.9 Å². The van der Waals surface area contributed by atoms with Gasteiger partial charge in [-0.3, -0.25) is 9.59 Å². The second-order valence-corrected chi connectivity index (χ2v) is 7.48. The number of sulfonamides is 1. The average Bonchev–Trinajstić information content (AvgIpc) is 2.52. The van der Waals surface area contributed by atoms with Crippen LogP contribution in [0.3, 0.4) is 0 Å². The van der Waals surface area contributed by atoms with E-state index < -0.39 is 22.5 Å². The van der Waals surface area contributed by atoms with Crippen LogP contribution in [0.2, 0.25) is 0 Å². The molecule has 0 radical (unpaired) electrons. The molecule has 0 aliphatic carbocycles. The predicted molar refractivity (Wildman–Crippen MR) is 89.4 cm³/mol. The van der Waals surface area contributed by atoms with Gasteiger partial charge < -0.3 is 10.0 Å². The van der Waals surface area contributed by atoms with Crippen LogP contribution in [0, 0.1) is 0 Å². The van der Waals surface area contributed by atoms with Gasteiger partial charge in [0.15, 0.2) is 0 Å². The molecule has 0 atom stereocenters. The zero-order valence-corrected chi connectivity index (χ0v) is 14.3. The summed E-state index contributed by atoms with van der Waals surface area (Å²) in [5, 5.41) is 8.92. The van der Waals surface area contributed by atoms with Gasteiger partial charge in [-0.1, -0.05) is 6.08 Å². The Kier molecular flexibility index (Phi) is 5.40. The molecule has 0 unspecified atom stereocenters. The molecule has 0 spiro atoms. The molecule has 1 aromatic rings. The number of rotatable bonds is 6. The van der Waals surface area contributed by atoms with Gasteiger partial charge in [-0.25, -0.2) is 8.42 Å². The number of fused-ring (bicyclic) bond motifs is 1. The van der Waals surface area contributed by atoms with E-state index in [2.05, 4.69) is 6.58 Å². The molecule has 0 saturated heterocycles. The van der Waals surface area contributed by atoms with Gasteiger partial charge >= 0.3 is 5.97 Å². The van der Waals surface area contributed by atoms with Crippen molar-refractivity contribution in [2.24, 2.45) is 0 Å². The van der Waals surface area contributed by atoms with Crippen LogP contribution in [-0.4, -0.2) is 49.3 Å². The first-order valence-electron chi connectivity index (χ1n) is 7.51. The Morgan fingerprint density at radius 2 is 2.12 bits per heavy atom. The Morgan fingerprint density at radius 1 is 1.42 bits per heavy atom. The molecule has 1 aliphatic rings. The largest absolute Gasteiger partial charge is 0.480 e. The van der Waals surface area contributed by atoms with Gasteiger partial charge in [0.05, 0.1) is 4.90 Å². The zero-order chi connectivity index (χ0) is 17.9. The molecular weight excluding hydrogens is 332 g/mol. The van der Waals surface area contributed by atoms with Gasteiger partial charge in [-0.15, -0.1) is 6.58 Å². The smallest absolute Gasteiger partial charge is 0.318 e. The lowest BCUT2D eigenvalue weighted by molar-refractivity contribution is -0.137. The number of anilines is 1. The maximum absolute atomic E-state index is 12.7. The minimum absolute atomic E-state index is 0.0229. The van der Waals surface area contributed by atoms with Crippen LogP contribution < -0.4 is 4.90 Å². The molecule has 130 valence electrons. The summed E-state index contributed by atoms with van der Waals surface area (Å²) >= 11 is 0. The van der Waals surface area contributed by atoms with E-state index in [-0.39, 0.29) is 17.3 Å². The minimum atomic E-state index is -3.95. The van der Waals surface area contributed by atoms with E-state index in [0.29, 0.717) is 18.7 Å². The van der Waals surface area contributed by atoms with Crippen molar-refractivity contribution < 1.29 is 23.1 Å². The van der Waals surface area contributed by atoms with E-state index in [4.69, 9.17) is 5.11 Å². The second-order valence-electron chi connectivity index (χ2n) is 5.54. The van der Waals surface area contributed by atoms with Crippen molar-refractivity contribution in [1.29, 1.82) is 0 Å². The first kappa shape index (κ1) is 18.2. The molecule has 1 aliphatic heterocycles. The quantitative estimate of drug-likeness (QED) is 0.778. The highest BCUT2D eigenvalue weighted by molar-refractivity contribution is 7.89. The summed E-state index contributed by atoms with van der Waals surface area (Å²) in [6.07, 6.45) is 2.76. The van der Waals surface area contributed by atoms with Crippen molar-refractivity contribution in [2.45, 2.75) is 24.7 Å². The molecule has 0 aromatic heterocycles. The number of carboxylic acids is 1. The SMILES string of the molecule is C=CCN(CC(=O)O)S(=O)(=O)c1ccc2c(c1)CCCN2C(C)=O. The number of benzene rings is 1. The monoisotopic (exact) mass is 352 g/mol. The highest BCUT2D eigenvalue weighted by atomic mass is 32.2. The third-order valence-electron chi connectivity index (χ3n) is 3.83. The molecule has 1 heterocycles. The number of aliphatic carboxylic acids is 1. The summed E-state index contributed by atoms with van der Waals surface area (Å²) in [6, 6.07) is 4.54. The topological polar surface area (TPSA) is 95.0 Å². The number of amides is 1. The van der Waals surface area contributed by atoms with Crippen LogP contribution in [0.1, 0.15) is 18.9 Å². The Morgan fingerprint density at radius 3 is 2.71 bits per heavy atom. The van der Waals surface area contributed by atoms with Crippen LogP contribution >= 0.6 is 0 Å². The molecule has 1 amide bonds. The fourth-order valence-corrected chi connectivity index (χ4v) is 4.16. The summed E-state index contributed by atoms with van der Waals surface area (Å²) < 4.78 is 26.2. The molecule has 7 nitrogen and oxygen atoms in total. The number of nitrogens with zero attached hydrogens (tertiary/aromatic N) is 2. The molecule has 0 saturated carbocycles. The van der Waals surface area contributed by atoms with Crippen molar-refractivity contribution in [3.63, 3.8) is 0 Å². The lowest BCUT2D eigenvalue weighted by atomic mass is 10.0. The Hall–Kier alpha value is -2.19. The predicted octanol–water partition coefficient (Wildman–Crippen LogP) is 1.25. The third kappa shape index (κ3) is 3.65. The van der Waals surface area contributed by atoms with Crippen molar-refractivity contribution in [2.75, 3.05) is 24.5 Å². The van der Waals surface area contributed by atoms with Crippen molar-refractivity contribution >= 4 is 27.6 Å². The van der Waals surface area contributed by atoms with E-state index in [0.717, 1.165) is 16.3 Å². The Bertz CT molecular complexity index is 773. The van der Waals surface area contributed by atoms with E-state index in [9.17, 15) is 18.0 Å². The van der Waals surface area contributed by atoms with Crippen molar-refractivity contribution in [3.05, 3.63) is 36.4 Å². The first-order chi connectivity index (χ1) is 11.3. The number of hydrogen-bond donors (Lipinski definition) is 1. The van der Waals surface area contributed by atoms with E-state index in [1.807, 2.05) is 0 Å². The van der Waals surface area contributed by atoms with Crippen LogP contribution in [0.4, 0.5) is 5.69 Å². The van der Waals surface area contributed by atoms with Gasteiger partial charge in [0.1, 0.15) is 6.54 Å². The molecule has 2 rings (SSSR count). The summed E-state index contributed by atoms with van der Waals surface area (Å²) in [6.45, 7) is 4.82. The van der Waals surface area contributed by atoms with E-state index in [1.54, 1.807) is 11.0 Å². The van der Waals surface area contributed by atoms with Gasteiger partial charge in [0, 0.05) is 25.7 Å². The van der Waals surface area contributed by atoms with E-state index in [1.165, 1.54) is 25.1 Å². The molecule has 0 fully saturated rings. The molecular formula is C16H20N2O5S. The van der Waals surface area contributed by atoms with Crippen LogP contribution in [0.25, 0.3) is 0 Å². The fourth-order valence-electron chi connectivity index (χ4n) is 2.75. The summed E-state index contributed by atoms with van der Waals surface area (Å²) in [4.78, 5) is 24.3. The highest BCUT2D eigenvalue weighted by Gasteiger charge is 2.28. The molecule has 24 heavy (non-hydrogen) atoms. The van der Waals surface area contributed by atoms with Crippen molar-refractivity contribution in [1.82, 2.24) is 4.31 Å². The maximum atomic E-state index is 12.7. The second kappa shape index (κ2) is 7.14. The van der Waals surface area contributed by atoms with Gasteiger partial charge in [-0.2, -0.15) is 4.31 Å². The lowest BCUT2D eigenvalue weighted by Gasteiger charge is -2.29. The highest BCUT2D eigenvalue weighted by Crippen LogP contribution is 2.30. The standard InChI is InChI=1S/C16H20N2O5S/c1-3-8-17(11-16(20)21)24(22,23)14-6-7-15-13(10-14)5-4-9-18(15)12(2)19/h3,6-7,10H,1,4-5,8-9,11H2,2H3,(H,20,21). The van der Waals surface area contributed by atoms with Gasteiger partial charge in [-0.05, 0) is 36.6 Å². The maximum Gasteiger partial charge on any atom is 0.318 e. The number of carbonyl (C=O) groups is 2. The van der Waals surface area contributed by atoms with Crippen LogP contribution in [-0.2, 0) is 26.0 Å². The average molecular weight is 352 g/mol. The fraction of sp³-hybridized carbons (Fsp3) is 0.375. The number of hydrogen-bond acceptors (Lipinski definition) is 4. The Balaban J connectivity index is 2.42. The zero-order valence-electron chi connectivity index (χ0n) is 13.4. The van der Waals surface area contributed by atoms with E-state index >= 15 is 0 Å². The minimum Gasteiger partial charge on any atom is -0.480 e. The normalized spacial score (nSPS) is 14.3. The summed E-state index contributed by atoms with van der Waals surface area (Å²) in [7, 11) is -3.95. The summed E-state index contributed by atoms with van der Waals surface area (Å²) in [5.41, 5.74) is 1.48. The van der Waals surface area contributed by atoms with Crippen molar-refractivity contribution in [3.8, 4) is 0 Å². The van der Waals surface area contributed by atoms with Gasteiger partial charge in [0.25, 0.3) is 0 Å². The molecule has 1 aromatic carbocycles. The van der Waals surface area contributed by atoms with Crippen LogP contribution in [0.5, 0.6) is 0 Å². The first-order valence-corrected chi connectivity index (χ1v) is 8.95. The molecule has 8 heteroatoms. The van der Waals surface area contributed by atoms with Crippen LogP contribution in [0.15, 0.2) is 35.7 Å². The third-order valence-corrected chi connectivity index (χ3v) is 5.64. The number of carboxylic acid groups (broad SMARTS) is 1. The molecule has 1 N–H and O–H groups in total. The Labute approximate surface area is 141 Å². The summed E-state index contributed by atoms with van der Waals surface area (Å²) in [5.74, 6) is -1.33. The lowest BCUT2D eigenvalue weighted by Crippen LogP contribution is -2.36. The number of carbonyl (C=O) groups excluding carboxylic acids is 1. The molecule has 0 bridgehead atoms.